The number of rotatable bonds is 6. The van der Waals surface area contributed by atoms with Gasteiger partial charge >= 0.3 is 0 Å². The lowest BCUT2D eigenvalue weighted by Crippen LogP contribution is -2.47. The Labute approximate surface area is 185 Å². The number of hydrogen-bond acceptors (Lipinski definition) is 6. The molecule has 7 nitrogen and oxygen atoms in total. The fourth-order valence-corrected chi connectivity index (χ4v) is 4.56. The van der Waals surface area contributed by atoms with E-state index in [1.54, 1.807) is 23.7 Å². The first-order valence-corrected chi connectivity index (χ1v) is 11.3. The largest absolute Gasteiger partial charge is 0.351 e. The highest BCUT2D eigenvalue weighted by atomic mass is 32.1. The normalized spacial score (nSPS) is 14.9. The van der Waals surface area contributed by atoms with Crippen LogP contribution < -0.4 is 10.2 Å². The topological polar surface area (TPSA) is 88.1 Å². The van der Waals surface area contributed by atoms with E-state index in [0.29, 0.717) is 11.4 Å². The van der Waals surface area contributed by atoms with Gasteiger partial charge in [0.15, 0.2) is 11.7 Å². The van der Waals surface area contributed by atoms with Crippen LogP contribution in [0.5, 0.6) is 0 Å². The highest BCUT2D eigenvalue weighted by Crippen LogP contribution is 2.31. The molecular weight excluding hydrogens is 410 g/mol. The van der Waals surface area contributed by atoms with Gasteiger partial charge in [-0.3, -0.25) is 19.5 Å². The quantitative estimate of drug-likeness (QED) is 0.632. The Morgan fingerprint density at radius 1 is 1.13 bits per heavy atom. The van der Waals surface area contributed by atoms with Crippen LogP contribution in [0, 0.1) is 13.8 Å². The summed E-state index contributed by atoms with van der Waals surface area (Å²) >= 11 is 1.10. The zero-order chi connectivity index (χ0) is 21.8. The SMILES string of the molecule is Cc1cc(C)cc(N(C(=O)c2csnn2)[C@@H](C(=O)NC2CCCC2)c2ccccn2)c1. The van der Waals surface area contributed by atoms with Gasteiger partial charge < -0.3 is 5.32 Å². The molecule has 3 aromatic rings. The van der Waals surface area contributed by atoms with Gasteiger partial charge in [0.25, 0.3) is 5.91 Å². The molecule has 4 rings (SSSR count). The van der Waals surface area contributed by atoms with E-state index in [9.17, 15) is 9.59 Å². The van der Waals surface area contributed by atoms with Crippen molar-refractivity contribution in [2.75, 3.05) is 4.90 Å². The first kappa shape index (κ1) is 21.1. The van der Waals surface area contributed by atoms with Gasteiger partial charge in [0, 0.05) is 23.3 Å². The standard InChI is InChI=1S/C23H25N5O2S/c1-15-11-16(2)13-18(12-15)28(23(30)20-14-31-27-26-20)21(19-9-5-6-10-24-19)22(29)25-17-7-3-4-8-17/h5-6,9-14,17,21H,3-4,7-8H2,1-2H3,(H,25,29)/t21-/m1/s1. The van der Waals surface area contributed by atoms with E-state index in [1.165, 1.54) is 4.90 Å². The van der Waals surface area contributed by atoms with E-state index < -0.39 is 6.04 Å². The lowest BCUT2D eigenvalue weighted by atomic mass is 10.0. The molecule has 0 spiro atoms. The van der Waals surface area contributed by atoms with Crippen molar-refractivity contribution in [2.24, 2.45) is 0 Å². The first-order chi connectivity index (χ1) is 15.0. The second-order valence-electron chi connectivity index (χ2n) is 7.96. The number of nitrogens with zero attached hydrogens (tertiary/aromatic N) is 4. The highest BCUT2D eigenvalue weighted by molar-refractivity contribution is 7.03. The number of aromatic nitrogens is 3. The maximum absolute atomic E-state index is 13.6. The summed E-state index contributed by atoms with van der Waals surface area (Å²) in [6, 6.07) is 10.4. The fraction of sp³-hybridized carbons (Fsp3) is 0.348. The van der Waals surface area contributed by atoms with E-state index in [-0.39, 0.29) is 23.6 Å². The van der Waals surface area contributed by atoms with Gasteiger partial charge in [-0.25, -0.2) is 0 Å². The van der Waals surface area contributed by atoms with Gasteiger partial charge in [-0.2, -0.15) is 0 Å². The summed E-state index contributed by atoms with van der Waals surface area (Å²) in [6.07, 6.45) is 5.74. The monoisotopic (exact) mass is 435 g/mol. The summed E-state index contributed by atoms with van der Waals surface area (Å²) < 4.78 is 3.84. The molecule has 1 saturated carbocycles. The van der Waals surface area contributed by atoms with Crippen LogP contribution >= 0.6 is 11.5 Å². The highest BCUT2D eigenvalue weighted by Gasteiger charge is 2.36. The molecule has 2 heterocycles. The van der Waals surface area contributed by atoms with Gasteiger partial charge in [0.05, 0.1) is 5.69 Å². The fourth-order valence-electron chi connectivity index (χ4n) is 4.13. The average molecular weight is 436 g/mol. The molecule has 1 aliphatic carbocycles. The number of carbonyl (C=O) groups excluding carboxylic acids is 2. The number of hydrogen-bond donors (Lipinski definition) is 1. The molecule has 0 radical (unpaired) electrons. The van der Waals surface area contributed by atoms with Gasteiger partial charge in [0.1, 0.15) is 0 Å². The van der Waals surface area contributed by atoms with Crippen LogP contribution in [0.1, 0.15) is 59.0 Å². The zero-order valence-corrected chi connectivity index (χ0v) is 18.4. The van der Waals surface area contributed by atoms with E-state index >= 15 is 0 Å². The molecule has 1 aliphatic rings. The molecule has 1 fully saturated rings. The summed E-state index contributed by atoms with van der Waals surface area (Å²) in [7, 11) is 0. The number of benzene rings is 1. The van der Waals surface area contributed by atoms with Crippen LogP contribution in [0.15, 0.2) is 48.0 Å². The van der Waals surface area contributed by atoms with Gasteiger partial charge in [-0.1, -0.05) is 29.5 Å². The number of carbonyl (C=O) groups is 2. The van der Waals surface area contributed by atoms with Gasteiger partial charge in [0.2, 0.25) is 5.91 Å². The zero-order valence-electron chi connectivity index (χ0n) is 17.6. The van der Waals surface area contributed by atoms with Gasteiger partial charge in [-0.05, 0) is 73.6 Å². The van der Waals surface area contributed by atoms with Crippen LogP contribution in [0.2, 0.25) is 0 Å². The van der Waals surface area contributed by atoms with Crippen molar-refractivity contribution in [3.05, 3.63) is 70.5 Å². The molecule has 31 heavy (non-hydrogen) atoms. The van der Waals surface area contributed by atoms with Crippen LogP contribution in [0.25, 0.3) is 0 Å². The summed E-state index contributed by atoms with van der Waals surface area (Å²) in [5, 5.41) is 8.72. The molecule has 1 aromatic carbocycles. The number of pyridine rings is 1. The van der Waals surface area contributed by atoms with Crippen LogP contribution in [-0.2, 0) is 4.79 Å². The van der Waals surface area contributed by atoms with Gasteiger partial charge in [-0.15, -0.1) is 5.10 Å². The summed E-state index contributed by atoms with van der Waals surface area (Å²) in [6.45, 7) is 3.94. The molecule has 160 valence electrons. The second kappa shape index (κ2) is 9.34. The Balaban J connectivity index is 1.82. The van der Waals surface area contributed by atoms with E-state index in [2.05, 4.69) is 19.9 Å². The molecule has 0 bridgehead atoms. The molecule has 0 saturated heterocycles. The lowest BCUT2D eigenvalue weighted by Gasteiger charge is -2.31. The van der Waals surface area contributed by atoms with Crippen molar-refractivity contribution in [2.45, 2.75) is 51.6 Å². The Morgan fingerprint density at radius 2 is 1.87 bits per heavy atom. The number of aryl methyl sites for hydroxylation is 2. The number of anilines is 1. The number of amides is 2. The van der Waals surface area contributed by atoms with Crippen LogP contribution in [0.4, 0.5) is 5.69 Å². The van der Waals surface area contributed by atoms with Crippen molar-refractivity contribution >= 4 is 29.0 Å². The Bertz CT molecular complexity index is 1030. The minimum absolute atomic E-state index is 0.121. The molecule has 0 aliphatic heterocycles. The third-order valence-electron chi connectivity index (χ3n) is 5.46. The average Bonchev–Trinajstić information content (AvgIpc) is 3.45. The minimum Gasteiger partial charge on any atom is -0.351 e. The molecule has 0 unspecified atom stereocenters. The smallest absolute Gasteiger partial charge is 0.280 e. The third kappa shape index (κ3) is 4.80. The Kier molecular flexibility index (Phi) is 6.36. The Morgan fingerprint density at radius 3 is 2.48 bits per heavy atom. The van der Waals surface area contributed by atoms with Crippen molar-refractivity contribution in [3.8, 4) is 0 Å². The van der Waals surface area contributed by atoms with E-state index in [1.807, 2.05) is 38.1 Å². The van der Waals surface area contributed by atoms with E-state index in [4.69, 9.17) is 0 Å². The third-order valence-corrected chi connectivity index (χ3v) is 5.96. The van der Waals surface area contributed by atoms with Crippen molar-refractivity contribution in [1.82, 2.24) is 19.9 Å². The Hall–Kier alpha value is -3.13. The number of nitrogens with one attached hydrogen (secondary N) is 1. The molecular formula is C23H25N5O2S. The predicted molar refractivity (Wildman–Crippen MR) is 120 cm³/mol. The maximum atomic E-state index is 13.6. The van der Waals surface area contributed by atoms with Crippen molar-refractivity contribution in [3.63, 3.8) is 0 Å². The summed E-state index contributed by atoms with van der Waals surface area (Å²) in [5.74, 6) is -0.614. The summed E-state index contributed by atoms with van der Waals surface area (Å²) in [4.78, 5) is 33.1. The molecule has 2 aromatic heterocycles. The molecule has 1 atom stereocenters. The lowest BCUT2D eigenvalue weighted by molar-refractivity contribution is -0.123. The molecule has 2 amide bonds. The first-order valence-electron chi connectivity index (χ1n) is 10.4. The maximum Gasteiger partial charge on any atom is 0.280 e. The second-order valence-corrected chi connectivity index (χ2v) is 8.57. The van der Waals surface area contributed by atoms with Crippen molar-refractivity contribution in [1.29, 1.82) is 0 Å². The van der Waals surface area contributed by atoms with Crippen LogP contribution in [-0.4, -0.2) is 32.4 Å². The van der Waals surface area contributed by atoms with Crippen molar-refractivity contribution < 1.29 is 9.59 Å². The minimum atomic E-state index is -0.919. The molecule has 8 heteroatoms. The van der Waals surface area contributed by atoms with E-state index in [0.717, 1.165) is 48.3 Å². The predicted octanol–water partition coefficient (Wildman–Crippen LogP) is 4.00. The summed E-state index contributed by atoms with van der Waals surface area (Å²) in [5.41, 5.74) is 3.35. The van der Waals surface area contributed by atoms with Crippen LogP contribution in [0.3, 0.4) is 0 Å². The molecule has 1 N–H and O–H groups in total.